The van der Waals surface area contributed by atoms with Crippen LogP contribution in [0.3, 0.4) is 0 Å². The maximum atomic E-state index is 11.6. The standard InChI is InChI=1S/C11H22N2O2S/c1-2-4-16(14,15)5-3-13-8-10-6-12-7-11(10)9-13/h10-12H,2-9H2,1H3/t10-,11+. The molecule has 0 aromatic heterocycles. The molecule has 16 heavy (non-hydrogen) atoms. The molecule has 2 saturated heterocycles. The third-order valence-corrected chi connectivity index (χ3v) is 5.53. The molecular formula is C11H22N2O2S. The molecule has 0 aromatic rings. The van der Waals surface area contributed by atoms with Gasteiger partial charge >= 0.3 is 0 Å². The largest absolute Gasteiger partial charge is 0.316 e. The molecule has 4 nitrogen and oxygen atoms in total. The van der Waals surface area contributed by atoms with Gasteiger partial charge in [-0.1, -0.05) is 6.92 Å². The lowest BCUT2D eigenvalue weighted by Crippen LogP contribution is -2.31. The molecule has 0 spiro atoms. The molecule has 2 rings (SSSR count). The van der Waals surface area contributed by atoms with E-state index in [-0.39, 0.29) is 0 Å². The van der Waals surface area contributed by atoms with Crippen molar-refractivity contribution in [2.45, 2.75) is 13.3 Å². The lowest BCUT2D eigenvalue weighted by Gasteiger charge is -2.16. The molecule has 2 fully saturated rings. The second-order valence-electron chi connectivity index (χ2n) is 5.09. The predicted octanol–water partition coefficient (Wildman–Crippen LogP) is -0.0376. The Kier molecular flexibility index (Phi) is 3.87. The van der Waals surface area contributed by atoms with Crippen molar-refractivity contribution in [2.24, 2.45) is 11.8 Å². The first-order valence-electron chi connectivity index (χ1n) is 6.24. The van der Waals surface area contributed by atoms with E-state index in [2.05, 4.69) is 10.2 Å². The summed E-state index contributed by atoms with van der Waals surface area (Å²) in [5, 5.41) is 3.39. The highest BCUT2D eigenvalue weighted by molar-refractivity contribution is 7.91. The van der Waals surface area contributed by atoms with Crippen molar-refractivity contribution >= 4 is 9.84 Å². The van der Waals surface area contributed by atoms with Crippen molar-refractivity contribution in [3.8, 4) is 0 Å². The summed E-state index contributed by atoms with van der Waals surface area (Å²) in [5.74, 6) is 2.20. The van der Waals surface area contributed by atoms with Crippen LogP contribution in [-0.2, 0) is 9.84 Å². The molecule has 94 valence electrons. The maximum absolute atomic E-state index is 11.6. The second-order valence-corrected chi connectivity index (χ2v) is 7.39. The fraction of sp³-hybridized carbons (Fsp3) is 1.00. The topological polar surface area (TPSA) is 49.4 Å². The molecule has 0 aliphatic carbocycles. The van der Waals surface area contributed by atoms with Gasteiger partial charge in [-0.15, -0.1) is 0 Å². The minimum absolute atomic E-state index is 0.341. The normalized spacial score (nSPS) is 30.8. The van der Waals surface area contributed by atoms with Gasteiger partial charge in [-0.05, 0) is 31.3 Å². The van der Waals surface area contributed by atoms with Crippen molar-refractivity contribution in [2.75, 3.05) is 44.2 Å². The lowest BCUT2D eigenvalue weighted by atomic mass is 10.0. The first-order valence-corrected chi connectivity index (χ1v) is 8.06. The highest BCUT2D eigenvalue weighted by atomic mass is 32.2. The van der Waals surface area contributed by atoms with E-state index in [9.17, 15) is 8.42 Å². The van der Waals surface area contributed by atoms with E-state index in [1.54, 1.807) is 0 Å². The Balaban J connectivity index is 1.76. The van der Waals surface area contributed by atoms with Crippen LogP contribution >= 0.6 is 0 Å². The summed E-state index contributed by atoms with van der Waals surface area (Å²) in [4.78, 5) is 2.32. The third kappa shape index (κ3) is 2.96. The molecule has 1 N–H and O–H groups in total. The minimum atomic E-state index is -2.80. The van der Waals surface area contributed by atoms with Gasteiger partial charge in [0.2, 0.25) is 0 Å². The van der Waals surface area contributed by atoms with Crippen LogP contribution in [0.5, 0.6) is 0 Å². The molecular weight excluding hydrogens is 224 g/mol. The van der Waals surface area contributed by atoms with E-state index in [1.165, 1.54) is 0 Å². The van der Waals surface area contributed by atoms with Crippen molar-refractivity contribution in [3.05, 3.63) is 0 Å². The molecule has 2 aliphatic heterocycles. The van der Waals surface area contributed by atoms with Crippen LogP contribution in [0.4, 0.5) is 0 Å². The summed E-state index contributed by atoms with van der Waals surface area (Å²) in [7, 11) is -2.80. The summed E-state index contributed by atoms with van der Waals surface area (Å²) in [6, 6.07) is 0. The summed E-state index contributed by atoms with van der Waals surface area (Å²) >= 11 is 0. The van der Waals surface area contributed by atoms with Gasteiger partial charge in [0.15, 0.2) is 9.84 Å². The van der Waals surface area contributed by atoms with Gasteiger partial charge < -0.3 is 10.2 Å². The van der Waals surface area contributed by atoms with Crippen LogP contribution in [0.1, 0.15) is 13.3 Å². The number of likely N-dealkylation sites (tertiary alicyclic amines) is 1. The Bertz CT molecular complexity index is 317. The van der Waals surface area contributed by atoms with E-state index in [0.29, 0.717) is 11.5 Å². The SMILES string of the molecule is CCCS(=O)(=O)CCN1C[C@H]2CNC[C@H]2C1. The monoisotopic (exact) mass is 246 g/mol. The third-order valence-electron chi connectivity index (χ3n) is 3.70. The lowest BCUT2D eigenvalue weighted by molar-refractivity contribution is 0.331. The fourth-order valence-corrected chi connectivity index (χ4v) is 4.18. The van der Waals surface area contributed by atoms with Gasteiger partial charge in [-0.2, -0.15) is 0 Å². The molecule has 0 saturated carbocycles. The first kappa shape index (κ1) is 12.3. The van der Waals surface area contributed by atoms with Crippen LogP contribution in [-0.4, -0.2) is 57.5 Å². The maximum Gasteiger partial charge on any atom is 0.151 e. The van der Waals surface area contributed by atoms with Gasteiger partial charge in [-0.25, -0.2) is 8.42 Å². The van der Waals surface area contributed by atoms with Crippen molar-refractivity contribution in [3.63, 3.8) is 0 Å². The number of hydrogen-bond acceptors (Lipinski definition) is 4. The Morgan fingerprint density at radius 2 is 1.81 bits per heavy atom. The van der Waals surface area contributed by atoms with Gasteiger partial charge in [0.1, 0.15) is 0 Å². The highest BCUT2D eigenvalue weighted by Crippen LogP contribution is 2.25. The molecule has 0 aromatic carbocycles. The Morgan fingerprint density at radius 3 is 2.38 bits per heavy atom. The van der Waals surface area contributed by atoms with Gasteiger partial charge in [0, 0.05) is 25.4 Å². The molecule has 2 atom stereocenters. The average molecular weight is 246 g/mol. The zero-order valence-corrected chi connectivity index (χ0v) is 10.8. The van der Waals surface area contributed by atoms with E-state index in [0.717, 1.165) is 51.0 Å². The highest BCUT2D eigenvalue weighted by Gasteiger charge is 2.35. The van der Waals surface area contributed by atoms with Gasteiger partial charge in [-0.3, -0.25) is 0 Å². The summed E-state index contributed by atoms with van der Waals surface area (Å²) in [6.07, 6.45) is 0.734. The van der Waals surface area contributed by atoms with Crippen LogP contribution in [0.25, 0.3) is 0 Å². The Labute approximate surface area is 98.3 Å². The first-order chi connectivity index (χ1) is 7.61. The van der Waals surface area contributed by atoms with E-state index >= 15 is 0 Å². The van der Waals surface area contributed by atoms with E-state index in [1.807, 2.05) is 6.92 Å². The zero-order chi connectivity index (χ0) is 11.6. The summed E-state index contributed by atoms with van der Waals surface area (Å²) in [6.45, 7) is 7.04. The van der Waals surface area contributed by atoms with Crippen LogP contribution in [0, 0.1) is 11.8 Å². The number of hydrogen-bond donors (Lipinski definition) is 1. The molecule has 2 heterocycles. The predicted molar refractivity (Wildman–Crippen MR) is 65.2 cm³/mol. The van der Waals surface area contributed by atoms with Crippen molar-refractivity contribution in [1.82, 2.24) is 10.2 Å². The molecule has 0 radical (unpaired) electrons. The van der Waals surface area contributed by atoms with Crippen molar-refractivity contribution in [1.29, 1.82) is 0 Å². The molecule has 5 heteroatoms. The molecule has 0 amide bonds. The minimum Gasteiger partial charge on any atom is -0.316 e. The number of sulfone groups is 1. The van der Waals surface area contributed by atoms with Crippen LogP contribution in [0.15, 0.2) is 0 Å². The van der Waals surface area contributed by atoms with Crippen molar-refractivity contribution < 1.29 is 8.42 Å². The summed E-state index contributed by atoms with van der Waals surface area (Å²) in [5.41, 5.74) is 0. The smallest absolute Gasteiger partial charge is 0.151 e. The molecule has 2 aliphatic rings. The Morgan fingerprint density at radius 1 is 1.19 bits per heavy atom. The summed E-state index contributed by atoms with van der Waals surface area (Å²) < 4.78 is 23.2. The van der Waals surface area contributed by atoms with Crippen LogP contribution in [0.2, 0.25) is 0 Å². The fourth-order valence-electron chi connectivity index (χ4n) is 2.82. The van der Waals surface area contributed by atoms with E-state index in [4.69, 9.17) is 0 Å². The number of nitrogens with zero attached hydrogens (tertiary/aromatic N) is 1. The quantitative estimate of drug-likeness (QED) is 0.740. The van der Waals surface area contributed by atoms with E-state index < -0.39 is 9.84 Å². The average Bonchev–Trinajstić information content (AvgIpc) is 2.73. The van der Waals surface area contributed by atoms with Crippen LogP contribution < -0.4 is 5.32 Å². The second kappa shape index (κ2) is 5.02. The molecule has 0 bridgehead atoms. The number of nitrogens with one attached hydrogen (secondary N) is 1. The molecule has 0 unspecified atom stereocenters. The zero-order valence-electron chi connectivity index (χ0n) is 9.98. The van der Waals surface area contributed by atoms with Gasteiger partial charge in [0.05, 0.1) is 5.75 Å². The van der Waals surface area contributed by atoms with Gasteiger partial charge in [0.25, 0.3) is 0 Å². The Hall–Kier alpha value is -0.130. The number of fused-ring (bicyclic) bond motifs is 1. The number of rotatable bonds is 5.